The number of nitrogens with zero attached hydrogens (tertiary/aromatic N) is 5. The number of amides is 1. The molecule has 7 nitrogen and oxygen atoms in total. The van der Waals surface area contributed by atoms with Gasteiger partial charge in [0.25, 0.3) is 0 Å². The monoisotopic (exact) mass is 445 g/mol. The van der Waals surface area contributed by atoms with E-state index in [9.17, 15) is 9.59 Å². The van der Waals surface area contributed by atoms with Crippen molar-refractivity contribution in [3.8, 4) is 0 Å². The number of benzene rings is 2. The summed E-state index contributed by atoms with van der Waals surface area (Å²) in [6.45, 7) is 7.24. The van der Waals surface area contributed by atoms with Gasteiger partial charge in [0.1, 0.15) is 5.82 Å². The molecule has 1 unspecified atom stereocenters. The van der Waals surface area contributed by atoms with Crippen molar-refractivity contribution >= 4 is 5.91 Å². The molecule has 0 spiro atoms. The van der Waals surface area contributed by atoms with E-state index in [0.29, 0.717) is 18.9 Å². The third kappa shape index (κ3) is 4.64. The van der Waals surface area contributed by atoms with Crippen molar-refractivity contribution in [3.05, 3.63) is 87.6 Å². The Kier molecular flexibility index (Phi) is 6.13. The van der Waals surface area contributed by atoms with Crippen LogP contribution in [-0.4, -0.2) is 56.2 Å². The maximum absolute atomic E-state index is 13.4. The normalized spacial score (nSPS) is 18.8. The maximum Gasteiger partial charge on any atom is 0.346 e. The van der Waals surface area contributed by atoms with Crippen molar-refractivity contribution < 1.29 is 4.79 Å². The van der Waals surface area contributed by atoms with Gasteiger partial charge in [0.2, 0.25) is 5.91 Å². The largest absolute Gasteiger partial charge is 0.346 e. The van der Waals surface area contributed by atoms with Crippen molar-refractivity contribution in [1.29, 1.82) is 0 Å². The average Bonchev–Trinajstić information content (AvgIpc) is 3.16. The molecule has 0 saturated carbocycles. The fourth-order valence-corrected chi connectivity index (χ4v) is 4.90. The van der Waals surface area contributed by atoms with Crippen LogP contribution in [0.15, 0.2) is 59.4 Å². The summed E-state index contributed by atoms with van der Waals surface area (Å²) < 4.78 is 3.22. The zero-order valence-electron chi connectivity index (χ0n) is 19.2. The molecule has 7 heteroatoms. The minimum absolute atomic E-state index is 0.114. The van der Waals surface area contributed by atoms with Gasteiger partial charge in [0.05, 0.1) is 12.5 Å². The lowest BCUT2D eigenvalue weighted by Gasteiger charge is -2.37. The molecule has 0 aliphatic carbocycles. The minimum Gasteiger partial charge on any atom is -0.339 e. The smallest absolute Gasteiger partial charge is 0.339 e. The quantitative estimate of drug-likeness (QED) is 0.606. The van der Waals surface area contributed by atoms with Crippen LogP contribution in [0.25, 0.3) is 0 Å². The summed E-state index contributed by atoms with van der Waals surface area (Å²) in [6.07, 6.45) is 1.58. The highest BCUT2D eigenvalue weighted by atomic mass is 16.2. The van der Waals surface area contributed by atoms with Gasteiger partial charge in [-0.3, -0.25) is 14.3 Å². The van der Waals surface area contributed by atoms with Crippen LogP contribution < -0.4 is 5.69 Å². The third-order valence-electron chi connectivity index (χ3n) is 6.82. The number of aryl methyl sites for hydroxylation is 1. The van der Waals surface area contributed by atoms with Gasteiger partial charge in [-0.25, -0.2) is 9.48 Å². The Labute approximate surface area is 194 Å². The second kappa shape index (κ2) is 9.35. The molecule has 2 aromatic carbocycles. The molecule has 2 aliphatic rings. The highest BCUT2D eigenvalue weighted by Gasteiger charge is 2.35. The number of carbonyl (C=O) groups excluding carboxylic acids is 1. The Bertz CT molecular complexity index is 1160. The van der Waals surface area contributed by atoms with Gasteiger partial charge in [-0.2, -0.15) is 5.10 Å². The van der Waals surface area contributed by atoms with E-state index in [1.807, 2.05) is 35.2 Å². The summed E-state index contributed by atoms with van der Waals surface area (Å²) in [5.74, 6) is 0.421. The SMILES string of the molecule is Cc1ccc(CN2CCN(C(=O)C3CCCn4c3nn(Cc3ccccc3)c4=O)CC2)cc1. The highest BCUT2D eigenvalue weighted by molar-refractivity contribution is 5.83. The first-order valence-electron chi connectivity index (χ1n) is 11.9. The van der Waals surface area contributed by atoms with Gasteiger partial charge in [-0.15, -0.1) is 0 Å². The molecule has 1 atom stereocenters. The topological polar surface area (TPSA) is 63.4 Å². The van der Waals surface area contributed by atoms with Crippen LogP contribution in [0.2, 0.25) is 0 Å². The molecular weight excluding hydrogens is 414 g/mol. The van der Waals surface area contributed by atoms with Crippen LogP contribution in [0.3, 0.4) is 0 Å². The van der Waals surface area contributed by atoms with Gasteiger partial charge >= 0.3 is 5.69 Å². The summed E-state index contributed by atoms with van der Waals surface area (Å²) >= 11 is 0. The average molecular weight is 446 g/mol. The third-order valence-corrected chi connectivity index (χ3v) is 6.82. The lowest BCUT2D eigenvalue weighted by molar-refractivity contribution is -0.135. The van der Waals surface area contributed by atoms with E-state index >= 15 is 0 Å². The van der Waals surface area contributed by atoms with E-state index in [1.54, 1.807) is 4.57 Å². The number of rotatable bonds is 5. The molecular formula is C26H31N5O2. The number of piperazine rings is 1. The van der Waals surface area contributed by atoms with Gasteiger partial charge in [0.15, 0.2) is 0 Å². The molecule has 3 aromatic rings. The van der Waals surface area contributed by atoms with E-state index in [0.717, 1.165) is 51.1 Å². The summed E-state index contributed by atoms with van der Waals surface area (Å²) in [5.41, 5.74) is 3.49. The molecule has 1 fully saturated rings. The Balaban J connectivity index is 1.25. The molecule has 33 heavy (non-hydrogen) atoms. The van der Waals surface area contributed by atoms with Crippen molar-refractivity contribution in [2.75, 3.05) is 26.2 Å². The standard InChI is InChI=1S/C26H31N5O2/c1-20-9-11-22(12-10-20)18-28-14-16-29(17-15-28)25(32)23-8-5-13-30-24(23)27-31(26(30)33)19-21-6-3-2-4-7-21/h2-4,6-7,9-12,23H,5,8,13-19H2,1H3. The van der Waals surface area contributed by atoms with Crippen LogP contribution >= 0.6 is 0 Å². The Morgan fingerprint density at radius 3 is 2.33 bits per heavy atom. The van der Waals surface area contributed by atoms with Crippen molar-refractivity contribution in [1.82, 2.24) is 24.1 Å². The molecule has 2 aliphatic heterocycles. The van der Waals surface area contributed by atoms with Crippen LogP contribution in [-0.2, 0) is 24.4 Å². The van der Waals surface area contributed by atoms with Gasteiger partial charge in [-0.05, 0) is 30.9 Å². The first-order chi connectivity index (χ1) is 16.1. The van der Waals surface area contributed by atoms with Crippen LogP contribution in [0.5, 0.6) is 0 Å². The van der Waals surface area contributed by atoms with Crippen molar-refractivity contribution in [2.45, 2.75) is 45.3 Å². The Hall–Kier alpha value is -3.19. The molecule has 3 heterocycles. The zero-order chi connectivity index (χ0) is 22.8. The summed E-state index contributed by atoms with van der Waals surface area (Å²) in [6, 6.07) is 18.5. The summed E-state index contributed by atoms with van der Waals surface area (Å²) in [7, 11) is 0. The fourth-order valence-electron chi connectivity index (χ4n) is 4.90. The zero-order valence-corrected chi connectivity index (χ0v) is 19.2. The lowest BCUT2D eigenvalue weighted by Crippen LogP contribution is -2.50. The maximum atomic E-state index is 13.4. The molecule has 1 saturated heterocycles. The molecule has 1 amide bonds. The number of aromatic nitrogens is 3. The van der Waals surface area contributed by atoms with Gasteiger partial charge < -0.3 is 4.90 Å². The van der Waals surface area contributed by atoms with E-state index < -0.39 is 0 Å². The van der Waals surface area contributed by atoms with Crippen molar-refractivity contribution in [3.63, 3.8) is 0 Å². The predicted octanol–water partition coefficient (Wildman–Crippen LogP) is 2.62. The summed E-state index contributed by atoms with van der Waals surface area (Å²) in [5, 5.41) is 4.63. The molecule has 1 aromatic heterocycles. The van der Waals surface area contributed by atoms with E-state index in [4.69, 9.17) is 0 Å². The fraction of sp³-hybridized carbons (Fsp3) is 0.423. The second-order valence-corrected chi connectivity index (χ2v) is 9.22. The van der Waals surface area contributed by atoms with E-state index in [1.165, 1.54) is 15.8 Å². The molecule has 0 radical (unpaired) electrons. The lowest BCUT2D eigenvalue weighted by atomic mass is 9.97. The number of fused-ring (bicyclic) bond motifs is 1. The van der Waals surface area contributed by atoms with Crippen LogP contribution in [0.1, 0.15) is 41.3 Å². The second-order valence-electron chi connectivity index (χ2n) is 9.22. The number of hydrogen-bond donors (Lipinski definition) is 0. The predicted molar refractivity (Wildman–Crippen MR) is 127 cm³/mol. The molecule has 0 bridgehead atoms. The highest BCUT2D eigenvalue weighted by Crippen LogP contribution is 2.27. The Morgan fingerprint density at radius 1 is 0.909 bits per heavy atom. The molecule has 172 valence electrons. The van der Waals surface area contributed by atoms with Crippen LogP contribution in [0.4, 0.5) is 0 Å². The summed E-state index contributed by atoms with van der Waals surface area (Å²) in [4.78, 5) is 30.7. The van der Waals surface area contributed by atoms with Crippen molar-refractivity contribution in [2.24, 2.45) is 0 Å². The van der Waals surface area contributed by atoms with E-state index in [-0.39, 0.29) is 17.5 Å². The number of hydrogen-bond acceptors (Lipinski definition) is 4. The van der Waals surface area contributed by atoms with Crippen LogP contribution in [0, 0.1) is 6.92 Å². The minimum atomic E-state index is -0.327. The number of carbonyl (C=O) groups is 1. The Morgan fingerprint density at radius 2 is 1.61 bits per heavy atom. The molecule has 0 N–H and O–H groups in total. The van der Waals surface area contributed by atoms with Gasteiger partial charge in [-0.1, -0.05) is 60.2 Å². The first kappa shape index (κ1) is 21.6. The first-order valence-corrected chi connectivity index (χ1v) is 11.9. The van der Waals surface area contributed by atoms with Gasteiger partial charge in [0, 0.05) is 39.3 Å². The molecule has 5 rings (SSSR count). The van der Waals surface area contributed by atoms with E-state index in [2.05, 4.69) is 41.2 Å².